The van der Waals surface area contributed by atoms with Crippen molar-refractivity contribution in [2.45, 2.75) is 6.54 Å². The Hall–Kier alpha value is -1.25. The lowest BCUT2D eigenvalue weighted by Gasteiger charge is -2.07. The van der Waals surface area contributed by atoms with Gasteiger partial charge in [-0.25, -0.2) is 0 Å². The van der Waals surface area contributed by atoms with Crippen molar-refractivity contribution < 1.29 is 14.8 Å². The third kappa shape index (κ3) is 3.91. The molecule has 17 heavy (non-hydrogen) atoms. The van der Waals surface area contributed by atoms with E-state index in [1.165, 1.54) is 10.8 Å². The second-order valence-electron chi connectivity index (χ2n) is 3.15. The monoisotopic (exact) mass is 306 g/mol. The predicted octanol–water partition coefficient (Wildman–Crippen LogP) is 0.528. The number of aliphatic hydroxyl groups is 1. The van der Waals surface area contributed by atoms with Crippen molar-refractivity contribution in [3.8, 4) is 0 Å². The lowest BCUT2D eigenvalue weighted by molar-refractivity contribution is -0.386. The Labute approximate surface area is 105 Å². The van der Waals surface area contributed by atoms with Gasteiger partial charge in [-0.15, -0.1) is 0 Å². The maximum absolute atomic E-state index is 11.4. The summed E-state index contributed by atoms with van der Waals surface area (Å²) < 4.78 is 6.64. The Morgan fingerprint density at radius 2 is 2.18 bits per heavy atom. The van der Waals surface area contributed by atoms with E-state index in [1.54, 1.807) is 0 Å². The highest BCUT2D eigenvalue weighted by atomic mass is 79.9. The van der Waals surface area contributed by atoms with Gasteiger partial charge in [-0.3, -0.25) is 14.9 Å². The zero-order chi connectivity index (χ0) is 12.8. The topological polar surface area (TPSA) is 94.6 Å². The average molecular weight is 307 g/mol. The van der Waals surface area contributed by atoms with Crippen molar-refractivity contribution in [2.75, 3.05) is 19.8 Å². The van der Waals surface area contributed by atoms with E-state index in [2.05, 4.69) is 15.9 Å². The summed E-state index contributed by atoms with van der Waals surface area (Å²) in [5.74, 6) is 0. The highest BCUT2D eigenvalue weighted by Crippen LogP contribution is 2.10. The fraction of sp³-hybridized carbons (Fsp3) is 0.444. The largest absolute Gasteiger partial charge is 0.394 e. The summed E-state index contributed by atoms with van der Waals surface area (Å²) in [4.78, 5) is 21.3. The van der Waals surface area contributed by atoms with Gasteiger partial charge in [0, 0.05) is 12.7 Å². The summed E-state index contributed by atoms with van der Waals surface area (Å²) in [6.45, 7) is 0.796. The van der Waals surface area contributed by atoms with Gasteiger partial charge in [0.2, 0.25) is 0 Å². The molecule has 0 unspecified atom stereocenters. The number of nitro groups is 1. The summed E-state index contributed by atoms with van der Waals surface area (Å²) in [6.07, 6.45) is 2.62. The summed E-state index contributed by atoms with van der Waals surface area (Å²) in [5, 5.41) is 19.1. The smallest absolute Gasteiger partial charge is 0.333 e. The van der Waals surface area contributed by atoms with Gasteiger partial charge in [-0.2, -0.15) is 0 Å². The van der Waals surface area contributed by atoms with Crippen LogP contribution in [0.15, 0.2) is 21.7 Å². The minimum Gasteiger partial charge on any atom is -0.394 e. The minimum atomic E-state index is -0.724. The van der Waals surface area contributed by atoms with E-state index in [1.807, 2.05) is 0 Å². The predicted molar refractivity (Wildman–Crippen MR) is 63.0 cm³/mol. The van der Waals surface area contributed by atoms with Gasteiger partial charge in [0.25, 0.3) is 5.43 Å². The van der Waals surface area contributed by atoms with E-state index < -0.39 is 16.0 Å². The number of nitrogens with zero attached hydrogens (tertiary/aromatic N) is 2. The van der Waals surface area contributed by atoms with Gasteiger partial charge in [-0.05, 0) is 15.9 Å². The Balaban J connectivity index is 2.80. The molecule has 0 spiro atoms. The maximum Gasteiger partial charge on any atom is 0.333 e. The van der Waals surface area contributed by atoms with Crippen LogP contribution in [-0.4, -0.2) is 34.4 Å². The molecule has 0 aliphatic rings. The number of pyridine rings is 1. The number of hydrogen-bond acceptors (Lipinski definition) is 5. The fourth-order valence-corrected chi connectivity index (χ4v) is 1.64. The third-order valence-corrected chi connectivity index (χ3v) is 2.51. The van der Waals surface area contributed by atoms with Crippen molar-refractivity contribution in [1.82, 2.24) is 4.57 Å². The summed E-state index contributed by atoms with van der Waals surface area (Å²) >= 11 is 2.97. The molecule has 0 saturated carbocycles. The number of aromatic nitrogens is 1. The molecule has 0 aromatic carbocycles. The molecule has 7 nitrogen and oxygen atoms in total. The Morgan fingerprint density at radius 1 is 1.47 bits per heavy atom. The molecule has 0 bridgehead atoms. The number of ether oxygens (including phenoxy) is 1. The van der Waals surface area contributed by atoms with Gasteiger partial charge in [-0.1, -0.05) is 0 Å². The van der Waals surface area contributed by atoms with Crippen LogP contribution in [0.4, 0.5) is 5.69 Å². The first-order chi connectivity index (χ1) is 8.06. The van der Waals surface area contributed by atoms with Crippen LogP contribution in [-0.2, 0) is 11.3 Å². The first-order valence-corrected chi connectivity index (χ1v) is 5.58. The molecular weight excluding hydrogens is 296 g/mol. The van der Waals surface area contributed by atoms with Crippen LogP contribution >= 0.6 is 15.9 Å². The summed E-state index contributed by atoms with van der Waals surface area (Å²) in [6, 6.07) is 0. The Morgan fingerprint density at radius 3 is 2.76 bits per heavy atom. The molecule has 0 aliphatic heterocycles. The lowest BCUT2D eigenvalue weighted by Crippen LogP contribution is -2.15. The van der Waals surface area contributed by atoms with Crippen LogP contribution in [0, 0.1) is 10.1 Å². The average Bonchev–Trinajstić information content (AvgIpc) is 2.28. The van der Waals surface area contributed by atoms with E-state index in [4.69, 9.17) is 9.84 Å². The molecular formula is C9H11BrN2O5. The molecule has 0 atom stereocenters. The van der Waals surface area contributed by atoms with E-state index in [-0.39, 0.29) is 17.7 Å². The van der Waals surface area contributed by atoms with Crippen molar-refractivity contribution in [3.05, 3.63) is 37.2 Å². The molecule has 1 heterocycles. The van der Waals surface area contributed by atoms with E-state index in [9.17, 15) is 14.9 Å². The highest BCUT2D eigenvalue weighted by Gasteiger charge is 2.15. The normalized spacial score (nSPS) is 10.5. The van der Waals surface area contributed by atoms with Crippen LogP contribution in [0.25, 0.3) is 0 Å². The molecule has 0 saturated heterocycles. The fourth-order valence-electron chi connectivity index (χ4n) is 1.18. The molecule has 0 radical (unpaired) electrons. The summed E-state index contributed by atoms with van der Waals surface area (Å²) in [5.41, 5.74) is -1.14. The Bertz CT molecular complexity index is 459. The molecule has 94 valence electrons. The molecule has 0 amide bonds. The van der Waals surface area contributed by atoms with Crippen molar-refractivity contribution in [1.29, 1.82) is 0 Å². The van der Waals surface area contributed by atoms with Gasteiger partial charge >= 0.3 is 5.69 Å². The van der Waals surface area contributed by atoms with Crippen molar-refractivity contribution in [2.24, 2.45) is 0 Å². The standard InChI is InChI=1S/C9H11BrN2O5/c10-7-5-11(1-3-17-4-2-13)6-8(9(7)14)12(15)16/h5-6,13H,1-4H2. The quantitative estimate of drug-likeness (QED) is 0.470. The zero-order valence-corrected chi connectivity index (χ0v) is 10.4. The SMILES string of the molecule is O=c1c(Br)cn(CCOCCO)cc1[N+](=O)[O-]. The second kappa shape index (κ2) is 6.48. The first kappa shape index (κ1) is 13.8. The van der Waals surface area contributed by atoms with Gasteiger partial charge < -0.3 is 14.4 Å². The van der Waals surface area contributed by atoms with Crippen LogP contribution in [0.5, 0.6) is 0 Å². The molecule has 1 N–H and O–H groups in total. The van der Waals surface area contributed by atoms with E-state index in [0.29, 0.717) is 13.2 Å². The molecule has 0 fully saturated rings. The van der Waals surface area contributed by atoms with E-state index in [0.717, 1.165) is 6.20 Å². The molecule has 8 heteroatoms. The lowest BCUT2D eigenvalue weighted by atomic mass is 10.4. The number of aliphatic hydroxyl groups excluding tert-OH is 1. The molecule has 1 aromatic heterocycles. The highest BCUT2D eigenvalue weighted by molar-refractivity contribution is 9.10. The summed E-state index contributed by atoms with van der Waals surface area (Å²) in [7, 11) is 0. The maximum atomic E-state index is 11.4. The van der Waals surface area contributed by atoms with Crippen molar-refractivity contribution in [3.63, 3.8) is 0 Å². The second-order valence-corrected chi connectivity index (χ2v) is 4.01. The van der Waals surface area contributed by atoms with Gasteiger partial charge in [0.05, 0.1) is 35.4 Å². The van der Waals surface area contributed by atoms with Gasteiger partial charge in [0.15, 0.2) is 0 Å². The Kier molecular flexibility index (Phi) is 5.26. The first-order valence-electron chi connectivity index (χ1n) is 4.79. The number of hydrogen-bond donors (Lipinski definition) is 1. The third-order valence-electron chi connectivity index (χ3n) is 1.94. The number of rotatable bonds is 6. The zero-order valence-electron chi connectivity index (χ0n) is 8.84. The molecule has 1 aromatic rings. The van der Waals surface area contributed by atoms with Crippen LogP contribution in [0.3, 0.4) is 0 Å². The van der Waals surface area contributed by atoms with Gasteiger partial charge in [0.1, 0.15) is 0 Å². The van der Waals surface area contributed by atoms with Crippen LogP contribution in [0.1, 0.15) is 0 Å². The van der Waals surface area contributed by atoms with Crippen LogP contribution in [0.2, 0.25) is 0 Å². The number of halogens is 1. The minimum absolute atomic E-state index is 0.0754. The van der Waals surface area contributed by atoms with Crippen LogP contribution < -0.4 is 5.43 Å². The molecule has 1 rings (SSSR count). The molecule has 0 aliphatic carbocycles. The van der Waals surface area contributed by atoms with E-state index >= 15 is 0 Å². The van der Waals surface area contributed by atoms with Crippen molar-refractivity contribution >= 4 is 21.6 Å².